The van der Waals surface area contributed by atoms with E-state index < -0.39 is 28.1 Å². The molecule has 2 rings (SSSR count). The van der Waals surface area contributed by atoms with Crippen LogP contribution in [-0.4, -0.2) is 10.9 Å². The molecule has 1 aromatic heterocycles. The molecule has 0 bridgehead atoms. The summed E-state index contributed by atoms with van der Waals surface area (Å²) in [5, 5.41) is 2.19. The van der Waals surface area contributed by atoms with E-state index in [1.807, 2.05) is 0 Å². The molecule has 0 aliphatic rings. The average molecular weight is 382 g/mol. The largest absolute Gasteiger partial charge is 0.320 e. The predicted octanol–water partition coefficient (Wildman–Crippen LogP) is 4.68. The van der Waals surface area contributed by atoms with Crippen LogP contribution in [0.4, 0.5) is 14.5 Å². The molecule has 3 nitrogen and oxygen atoms in total. The highest BCUT2D eigenvalue weighted by atomic mass is 79.9. The van der Waals surface area contributed by atoms with Gasteiger partial charge in [0.05, 0.1) is 26.9 Å². The number of amides is 1. The Morgan fingerprint density at radius 1 is 1.20 bits per heavy atom. The zero-order chi connectivity index (χ0) is 14.9. The number of halogens is 5. The summed E-state index contributed by atoms with van der Waals surface area (Å²) in [5.41, 5.74) is -0.181. The van der Waals surface area contributed by atoms with E-state index in [1.165, 1.54) is 12.3 Å². The van der Waals surface area contributed by atoms with Gasteiger partial charge in [0, 0.05) is 0 Å². The van der Waals surface area contributed by atoms with Crippen LogP contribution in [0.1, 0.15) is 10.4 Å². The Labute approximate surface area is 131 Å². The van der Waals surface area contributed by atoms with Crippen molar-refractivity contribution >= 4 is 50.7 Å². The lowest BCUT2D eigenvalue weighted by Crippen LogP contribution is -2.14. The maximum Gasteiger partial charge on any atom is 0.258 e. The van der Waals surface area contributed by atoms with Crippen LogP contribution in [0, 0.1) is 11.6 Å². The quantitative estimate of drug-likeness (QED) is 0.606. The Morgan fingerprint density at radius 3 is 2.55 bits per heavy atom. The van der Waals surface area contributed by atoms with Crippen molar-refractivity contribution in [1.82, 2.24) is 4.98 Å². The van der Waals surface area contributed by atoms with Crippen LogP contribution >= 0.6 is 39.1 Å². The minimum atomic E-state index is -0.921. The highest BCUT2D eigenvalue weighted by Crippen LogP contribution is 2.24. The van der Waals surface area contributed by atoms with Crippen molar-refractivity contribution in [2.45, 2.75) is 0 Å². The maximum atomic E-state index is 13.6. The van der Waals surface area contributed by atoms with Crippen LogP contribution in [0.2, 0.25) is 10.2 Å². The summed E-state index contributed by atoms with van der Waals surface area (Å²) in [4.78, 5) is 15.7. The van der Waals surface area contributed by atoms with Gasteiger partial charge in [-0.1, -0.05) is 23.2 Å². The first-order valence-corrected chi connectivity index (χ1v) is 6.70. The van der Waals surface area contributed by atoms with Crippen LogP contribution in [-0.2, 0) is 0 Å². The van der Waals surface area contributed by atoms with E-state index in [2.05, 4.69) is 26.2 Å². The molecule has 0 spiro atoms. The number of nitrogens with one attached hydrogen (secondary N) is 1. The lowest BCUT2D eigenvalue weighted by atomic mass is 10.2. The second-order valence-electron chi connectivity index (χ2n) is 3.70. The van der Waals surface area contributed by atoms with Gasteiger partial charge in [-0.2, -0.15) is 0 Å². The summed E-state index contributed by atoms with van der Waals surface area (Å²) in [6.45, 7) is 0. The van der Waals surface area contributed by atoms with E-state index in [9.17, 15) is 13.6 Å². The van der Waals surface area contributed by atoms with Crippen LogP contribution in [0.15, 0.2) is 28.9 Å². The molecule has 1 amide bonds. The highest BCUT2D eigenvalue weighted by molar-refractivity contribution is 9.10. The fraction of sp³-hybridized carbons (Fsp3) is 0. The summed E-state index contributed by atoms with van der Waals surface area (Å²) < 4.78 is 27.3. The SMILES string of the molecule is O=C(Nc1cnc(Cl)c(Br)c1)c1cc(F)c(Cl)cc1F. The Balaban J connectivity index is 2.28. The van der Waals surface area contributed by atoms with Crippen molar-refractivity contribution in [2.75, 3.05) is 5.32 Å². The molecule has 0 aliphatic carbocycles. The fourth-order valence-electron chi connectivity index (χ4n) is 1.38. The van der Waals surface area contributed by atoms with Gasteiger partial charge in [-0.3, -0.25) is 4.79 Å². The van der Waals surface area contributed by atoms with E-state index >= 15 is 0 Å². The monoisotopic (exact) mass is 380 g/mol. The Bertz CT molecular complexity index is 697. The average Bonchev–Trinajstić information content (AvgIpc) is 2.38. The van der Waals surface area contributed by atoms with Gasteiger partial charge in [-0.25, -0.2) is 13.8 Å². The first-order chi connectivity index (χ1) is 9.38. The van der Waals surface area contributed by atoms with Crippen molar-refractivity contribution in [2.24, 2.45) is 0 Å². The minimum absolute atomic E-state index is 0.215. The zero-order valence-corrected chi connectivity index (χ0v) is 12.7. The lowest BCUT2D eigenvalue weighted by Gasteiger charge is -2.07. The third-order valence-corrected chi connectivity index (χ3v) is 3.73. The molecule has 0 fully saturated rings. The van der Waals surface area contributed by atoms with E-state index in [0.717, 1.165) is 12.1 Å². The predicted molar refractivity (Wildman–Crippen MR) is 76.3 cm³/mol. The van der Waals surface area contributed by atoms with Gasteiger partial charge in [0.25, 0.3) is 5.91 Å². The standard InChI is InChI=1S/C12H5BrCl2F2N2O/c13-7-1-5(4-18-11(7)15)19-12(20)6-2-10(17)8(14)3-9(6)16/h1-4H,(H,19,20). The van der Waals surface area contributed by atoms with Crippen LogP contribution in [0.5, 0.6) is 0 Å². The van der Waals surface area contributed by atoms with Gasteiger partial charge in [-0.15, -0.1) is 0 Å². The number of anilines is 1. The Hall–Kier alpha value is -1.24. The molecular formula is C12H5BrCl2F2N2O. The molecule has 0 saturated heterocycles. The van der Waals surface area contributed by atoms with Crippen LogP contribution < -0.4 is 5.32 Å². The molecule has 1 N–H and O–H groups in total. The van der Waals surface area contributed by atoms with Gasteiger partial charge >= 0.3 is 0 Å². The molecule has 0 atom stereocenters. The molecule has 1 heterocycles. The third-order valence-electron chi connectivity index (χ3n) is 2.31. The number of pyridine rings is 1. The first kappa shape index (κ1) is 15.2. The smallest absolute Gasteiger partial charge is 0.258 e. The van der Waals surface area contributed by atoms with E-state index in [0.29, 0.717) is 4.47 Å². The molecule has 8 heteroatoms. The van der Waals surface area contributed by atoms with E-state index in [4.69, 9.17) is 23.2 Å². The maximum absolute atomic E-state index is 13.6. The summed E-state index contributed by atoms with van der Waals surface area (Å²) in [6, 6.07) is 2.95. The second kappa shape index (κ2) is 6.03. The van der Waals surface area contributed by atoms with Crippen molar-refractivity contribution < 1.29 is 13.6 Å². The van der Waals surface area contributed by atoms with Gasteiger partial charge < -0.3 is 5.32 Å². The topological polar surface area (TPSA) is 42.0 Å². The number of hydrogen-bond acceptors (Lipinski definition) is 2. The Morgan fingerprint density at radius 2 is 1.90 bits per heavy atom. The summed E-state index contributed by atoms with van der Waals surface area (Å²) in [7, 11) is 0. The molecule has 0 radical (unpaired) electrons. The Kier molecular flexibility index (Phi) is 4.57. The number of aromatic nitrogens is 1. The van der Waals surface area contributed by atoms with Crippen LogP contribution in [0.25, 0.3) is 0 Å². The highest BCUT2D eigenvalue weighted by Gasteiger charge is 2.16. The lowest BCUT2D eigenvalue weighted by molar-refractivity contribution is 0.102. The minimum Gasteiger partial charge on any atom is -0.320 e. The van der Waals surface area contributed by atoms with Crippen molar-refractivity contribution in [1.29, 1.82) is 0 Å². The second-order valence-corrected chi connectivity index (χ2v) is 5.32. The van der Waals surface area contributed by atoms with Crippen molar-refractivity contribution in [3.05, 3.63) is 56.2 Å². The van der Waals surface area contributed by atoms with Crippen LogP contribution in [0.3, 0.4) is 0 Å². The summed E-state index contributed by atoms with van der Waals surface area (Å²) in [6.07, 6.45) is 1.29. The van der Waals surface area contributed by atoms with E-state index in [-0.39, 0.29) is 10.8 Å². The normalized spacial score (nSPS) is 10.4. The van der Waals surface area contributed by atoms with Gasteiger partial charge in [0.1, 0.15) is 16.8 Å². The number of nitrogens with zero attached hydrogens (tertiary/aromatic N) is 1. The molecule has 0 saturated carbocycles. The van der Waals surface area contributed by atoms with Gasteiger partial charge in [0.15, 0.2) is 0 Å². The summed E-state index contributed by atoms with van der Waals surface area (Å²) >= 11 is 14.2. The number of carbonyl (C=O) groups excluding carboxylic acids is 1. The number of rotatable bonds is 2. The molecule has 2 aromatic rings. The molecule has 0 unspecified atom stereocenters. The number of carbonyl (C=O) groups is 1. The number of benzene rings is 1. The molecule has 104 valence electrons. The molecule has 20 heavy (non-hydrogen) atoms. The first-order valence-electron chi connectivity index (χ1n) is 5.15. The molecular weight excluding hydrogens is 377 g/mol. The molecule has 0 aliphatic heterocycles. The zero-order valence-electron chi connectivity index (χ0n) is 9.55. The van der Waals surface area contributed by atoms with Gasteiger partial charge in [-0.05, 0) is 34.1 Å². The van der Waals surface area contributed by atoms with Gasteiger partial charge in [0.2, 0.25) is 0 Å². The van der Waals surface area contributed by atoms with E-state index in [1.54, 1.807) is 0 Å². The van der Waals surface area contributed by atoms with Crippen molar-refractivity contribution in [3.63, 3.8) is 0 Å². The van der Waals surface area contributed by atoms with Crippen molar-refractivity contribution in [3.8, 4) is 0 Å². The number of hydrogen-bond donors (Lipinski definition) is 1. The molecule has 1 aromatic carbocycles. The fourth-order valence-corrected chi connectivity index (χ4v) is 1.99. The summed E-state index contributed by atoms with van der Waals surface area (Å²) in [5.74, 6) is -2.63. The third kappa shape index (κ3) is 3.26.